The Hall–Kier alpha value is -8.66. The van der Waals surface area contributed by atoms with Crippen molar-refractivity contribution in [1.82, 2.24) is 34.5 Å². The standard InChI is InChI=1S/C50H29N9/c1-52-38-24-27-43-40(30-38)39-28-32(31-51)22-25-42(39)59(43)44-26-23-37(49-55-45(33-14-6-2-7-15-33)53-46(56-49)34-16-8-3-9-17-34)29-41(44)50-57-47(35-18-10-4-11-19-35)54-48(58-50)36-20-12-5-13-21-36/h2-30H. The Balaban J connectivity index is 1.28. The molecule has 9 nitrogen and oxygen atoms in total. The third-order valence-electron chi connectivity index (χ3n) is 10.1. The highest BCUT2D eigenvalue weighted by atomic mass is 15.1. The van der Waals surface area contributed by atoms with Gasteiger partial charge < -0.3 is 4.57 Å². The van der Waals surface area contributed by atoms with Gasteiger partial charge >= 0.3 is 0 Å². The predicted octanol–water partition coefficient (Wildman–Crippen LogP) is 11.6. The van der Waals surface area contributed by atoms with Crippen LogP contribution < -0.4 is 0 Å². The lowest BCUT2D eigenvalue weighted by Gasteiger charge is -2.16. The molecule has 0 spiro atoms. The number of hydrogen-bond acceptors (Lipinski definition) is 7. The molecular weight excluding hydrogens is 727 g/mol. The fraction of sp³-hybridized carbons (Fsp3) is 0. The molecule has 0 amide bonds. The SMILES string of the molecule is [C-]#[N+]c1ccc2c(c1)c1cc(C#N)ccc1n2-c1ccc(-c2nc(-c3ccccc3)nc(-c3ccccc3)n2)cc1-c1nc(-c2ccccc2)nc(-c2ccccc2)n1. The van der Waals surface area contributed by atoms with Crippen molar-refractivity contribution in [2.24, 2.45) is 0 Å². The first-order chi connectivity index (χ1) is 29.1. The van der Waals surface area contributed by atoms with Crippen molar-refractivity contribution in [3.05, 3.63) is 193 Å². The summed E-state index contributed by atoms with van der Waals surface area (Å²) < 4.78 is 2.14. The van der Waals surface area contributed by atoms with Crippen molar-refractivity contribution >= 4 is 27.5 Å². The highest BCUT2D eigenvalue weighted by molar-refractivity contribution is 6.11. The zero-order chi connectivity index (χ0) is 39.7. The number of aromatic nitrogens is 7. The monoisotopic (exact) mass is 755 g/mol. The molecule has 59 heavy (non-hydrogen) atoms. The third kappa shape index (κ3) is 6.51. The summed E-state index contributed by atoms with van der Waals surface area (Å²) in [6.45, 7) is 7.78. The quantitative estimate of drug-likeness (QED) is 0.149. The second-order valence-electron chi connectivity index (χ2n) is 13.8. The van der Waals surface area contributed by atoms with Gasteiger partial charge in [-0.25, -0.2) is 34.7 Å². The van der Waals surface area contributed by atoms with Crippen molar-refractivity contribution in [3.63, 3.8) is 0 Å². The van der Waals surface area contributed by atoms with E-state index in [1.165, 1.54) is 0 Å². The van der Waals surface area contributed by atoms with E-state index in [0.29, 0.717) is 51.8 Å². The first-order valence-electron chi connectivity index (χ1n) is 18.9. The maximum absolute atomic E-state index is 9.91. The van der Waals surface area contributed by atoms with Crippen LogP contribution in [0.3, 0.4) is 0 Å². The summed E-state index contributed by atoms with van der Waals surface area (Å²) in [7, 11) is 0. The molecule has 0 saturated carbocycles. The maximum Gasteiger partial charge on any atom is 0.188 e. The Bertz CT molecular complexity index is 3090. The maximum atomic E-state index is 9.91. The Morgan fingerprint density at radius 2 is 0.847 bits per heavy atom. The molecule has 3 aromatic heterocycles. The van der Waals surface area contributed by atoms with Crippen LogP contribution in [-0.4, -0.2) is 34.5 Å². The summed E-state index contributed by atoms with van der Waals surface area (Å²) in [5.74, 6) is 3.05. The fourth-order valence-corrected chi connectivity index (χ4v) is 7.33. The van der Waals surface area contributed by atoms with E-state index in [-0.39, 0.29) is 0 Å². The van der Waals surface area contributed by atoms with Crippen molar-refractivity contribution < 1.29 is 0 Å². The minimum absolute atomic E-state index is 0.441. The Kier molecular flexibility index (Phi) is 8.71. The topological polar surface area (TPSA) is 110 Å². The van der Waals surface area contributed by atoms with Crippen LogP contribution in [-0.2, 0) is 0 Å². The Labute approximate surface area is 339 Å². The average molecular weight is 756 g/mol. The predicted molar refractivity (Wildman–Crippen MR) is 231 cm³/mol. The van der Waals surface area contributed by atoms with Crippen molar-refractivity contribution in [2.75, 3.05) is 0 Å². The molecule has 0 aliphatic carbocycles. The van der Waals surface area contributed by atoms with Gasteiger partial charge in [0, 0.05) is 38.8 Å². The highest BCUT2D eigenvalue weighted by Gasteiger charge is 2.22. The van der Waals surface area contributed by atoms with Gasteiger partial charge in [-0.2, -0.15) is 5.26 Å². The zero-order valence-corrected chi connectivity index (χ0v) is 31.3. The van der Waals surface area contributed by atoms with Gasteiger partial charge in [-0.15, -0.1) is 0 Å². The van der Waals surface area contributed by atoms with Crippen LogP contribution in [0.4, 0.5) is 5.69 Å². The second-order valence-corrected chi connectivity index (χ2v) is 13.8. The van der Waals surface area contributed by atoms with Gasteiger partial charge in [0.05, 0.1) is 34.9 Å². The molecule has 0 radical (unpaired) electrons. The smallest absolute Gasteiger partial charge is 0.188 e. The molecule has 0 fully saturated rings. The van der Waals surface area contributed by atoms with Gasteiger partial charge in [0.1, 0.15) is 0 Å². The van der Waals surface area contributed by atoms with E-state index in [9.17, 15) is 5.26 Å². The number of nitrogens with zero attached hydrogens (tertiary/aromatic N) is 9. The van der Waals surface area contributed by atoms with Crippen LogP contribution in [0, 0.1) is 17.9 Å². The highest BCUT2D eigenvalue weighted by Crippen LogP contribution is 2.39. The molecule has 0 unspecified atom stereocenters. The second kappa shape index (κ2) is 14.8. The van der Waals surface area contributed by atoms with Crippen LogP contribution in [0.2, 0.25) is 0 Å². The van der Waals surface area contributed by atoms with Crippen LogP contribution in [0.15, 0.2) is 176 Å². The summed E-state index contributed by atoms with van der Waals surface area (Å²) in [6, 6.07) is 59.1. The molecule has 10 aromatic rings. The molecule has 0 atom stereocenters. The van der Waals surface area contributed by atoms with Gasteiger partial charge in [0.2, 0.25) is 0 Å². The Morgan fingerprint density at radius 3 is 1.31 bits per heavy atom. The van der Waals surface area contributed by atoms with Gasteiger partial charge in [-0.3, -0.25) is 0 Å². The van der Waals surface area contributed by atoms with Crippen LogP contribution >= 0.6 is 0 Å². The number of nitriles is 1. The number of rotatable bonds is 7. The molecule has 0 bridgehead atoms. The van der Waals surface area contributed by atoms with E-state index >= 15 is 0 Å². The fourth-order valence-electron chi connectivity index (χ4n) is 7.33. The molecule has 0 saturated heterocycles. The van der Waals surface area contributed by atoms with Gasteiger partial charge in [-0.1, -0.05) is 127 Å². The van der Waals surface area contributed by atoms with E-state index in [0.717, 1.165) is 55.3 Å². The molecule has 0 aliphatic heterocycles. The number of fused-ring (bicyclic) bond motifs is 3. The minimum atomic E-state index is 0.441. The molecule has 274 valence electrons. The lowest BCUT2D eigenvalue weighted by Crippen LogP contribution is -2.05. The molecular formula is C50H29N9. The average Bonchev–Trinajstić information content (AvgIpc) is 3.64. The Morgan fingerprint density at radius 1 is 0.424 bits per heavy atom. The summed E-state index contributed by atoms with van der Waals surface area (Å²) in [5, 5.41) is 11.6. The lowest BCUT2D eigenvalue weighted by atomic mass is 10.1. The summed E-state index contributed by atoms with van der Waals surface area (Å²) >= 11 is 0. The van der Waals surface area contributed by atoms with Gasteiger partial charge in [0.15, 0.2) is 40.6 Å². The minimum Gasteiger partial charge on any atom is -0.309 e. The molecule has 3 heterocycles. The molecule has 0 aliphatic rings. The number of benzene rings is 7. The first-order valence-corrected chi connectivity index (χ1v) is 18.9. The van der Waals surface area contributed by atoms with Crippen LogP contribution in [0.5, 0.6) is 0 Å². The number of hydrogen-bond donors (Lipinski definition) is 0. The third-order valence-corrected chi connectivity index (χ3v) is 10.1. The molecule has 0 N–H and O–H groups in total. The van der Waals surface area contributed by atoms with E-state index in [4.69, 9.17) is 36.5 Å². The van der Waals surface area contributed by atoms with Crippen molar-refractivity contribution in [1.29, 1.82) is 5.26 Å². The van der Waals surface area contributed by atoms with Crippen molar-refractivity contribution in [3.8, 4) is 80.1 Å². The van der Waals surface area contributed by atoms with Gasteiger partial charge in [0.25, 0.3) is 0 Å². The normalized spacial score (nSPS) is 11.0. The van der Waals surface area contributed by atoms with Crippen molar-refractivity contribution in [2.45, 2.75) is 0 Å². The van der Waals surface area contributed by atoms with Crippen LogP contribution in [0.25, 0.3) is 101 Å². The first kappa shape index (κ1) is 34.8. The van der Waals surface area contributed by atoms with E-state index < -0.39 is 0 Å². The zero-order valence-electron chi connectivity index (χ0n) is 31.3. The molecule has 7 aromatic carbocycles. The molecule has 9 heteroatoms. The van der Waals surface area contributed by atoms with E-state index in [1.807, 2.05) is 176 Å². The summed E-state index contributed by atoms with van der Waals surface area (Å²) in [6.07, 6.45) is 0. The largest absolute Gasteiger partial charge is 0.309 e. The van der Waals surface area contributed by atoms with E-state index in [2.05, 4.69) is 15.5 Å². The molecule has 10 rings (SSSR count). The van der Waals surface area contributed by atoms with Crippen LogP contribution in [0.1, 0.15) is 5.56 Å². The van der Waals surface area contributed by atoms with Gasteiger partial charge in [-0.05, 0) is 53.9 Å². The summed E-state index contributed by atoms with van der Waals surface area (Å²) in [5.41, 5.74) is 8.36. The van der Waals surface area contributed by atoms with E-state index in [1.54, 1.807) is 0 Å². The summed E-state index contributed by atoms with van der Waals surface area (Å²) in [4.78, 5) is 34.1. The lowest BCUT2D eigenvalue weighted by molar-refractivity contribution is 1.06.